The summed E-state index contributed by atoms with van der Waals surface area (Å²) in [6.07, 6.45) is 1.39. The molecule has 162 valence electrons. The Bertz CT molecular complexity index is 745. The molecule has 3 rings (SSSR count). The molecule has 0 heterocycles. The van der Waals surface area contributed by atoms with E-state index < -0.39 is 12.3 Å². The standard InChI is InChI=1S/C24H31F2N.C2H3N/c1-2-14-27(18-20-7-4-3-5-8-20)15-6-9-19-10-12-21(13-11-19)22-16-23(25)24(26)17-22;1-2-3/h3-5,7-8,10-13,22-24H,2,6,9,14-18H2,1H3;1H3. The van der Waals surface area contributed by atoms with Gasteiger partial charge in [0, 0.05) is 13.5 Å². The van der Waals surface area contributed by atoms with Crippen molar-refractivity contribution in [1.29, 1.82) is 5.26 Å². The summed E-state index contributed by atoms with van der Waals surface area (Å²) < 4.78 is 26.8. The first-order chi connectivity index (χ1) is 14.6. The van der Waals surface area contributed by atoms with Crippen molar-refractivity contribution >= 4 is 0 Å². The van der Waals surface area contributed by atoms with E-state index in [9.17, 15) is 8.78 Å². The largest absolute Gasteiger partial charge is 0.299 e. The van der Waals surface area contributed by atoms with E-state index in [0.29, 0.717) is 12.8 Å². The number of halogens is 2. The van der Waals surface area contributed by atoms with Gasteiger partial charge in [-0.15, -0.1) is 0 Å². The van der Waals surface area contributed by atoms with Crippen LogP contribution < -0.4 is 0 Å². The zero-order chi connectivity index (χ0) is 21.8. The Morgan fingerprint density at radius 1 is 0.933 bits per heavy atom. The number of hydrogen-bond acceptors (Lipinski definition) is 2. The zero-order valence-corrected chi connectivity index (χ0v) is 18.2. The smallest absolute Gasteiger partial charge is 0.132 e. The Morgan fingerprint density at radius 3 is 2.10 bits per heavy atom. The summed E-state index contributed by atoms with van der Waals surface area (Å²) in [4.78, 5) is 2.52. The van der Waals surface area contributed by atoms with Gasteiger partial charge in [-0.3, -0.25) is 4.90 Å². The van der Waals surface area contributed by atoms with Crippen molar-refractivity contribution in [3.05, 3.63) is 71.3 Å². The summed E-state index contributed by atoms with van der Waals surface area (Å²) in [6.45, 7) is 6.86. The molecule has 0 spiro atoms. The van der Waals surface area contributed by atoms with Crippen LogP contribution in [-0.4, -0.2) is 30.3 Å². The van der Waals surface area contributed by atoms with E-state index in [-0.39, 0.29) is 5.92 Å². The van der Waals surface area contributed by atoms with E-state index in [1.165, 1.54) is 18.1 Å². The van der Waals surface area contributed by atoms with Crippen molar-refractivity contribution in [2.24, 2.45) is 0 Å². The molecular formula is C26H34F2N2. The second-order valence-corrected chi connectivity index (χ2v) is 8.03. The first-order valence-corrected chi connectivity index (χ1v) is 11.0. The minimum absolute atomic E-state index is 0.0370. The summed E-state index contributed by atoms with van der Waals surface area (Å²) in [6, 6.07) is 20.8. The first kappa shape index (κ1) is 24.0. The summed E-state index contributed by atoms with van der Waals surface area (Å²) in [5, 5.41) is 7.32. The third-order valence-electron chi connectivity index (χ3n) is 5.59. The molecule has 2 unspecified atom stereocenters. The van der Waals surface area contributed by atoms with Crippen LogP contribution in [0.1, 0.15) is 62.1 Å². The van der Waals surface area contributed by atoms with Crippen LogP contribution in [0.4, 0.5) is 8.78 Å². The van der Waals surface area contributed by atoms with Crippen molar-refractivity contribution in [1.82, 2.24) is 4.90 Å². The monoisotopic (exact) mass is 412 g/mol. The second kappa shape index (κ2) is 13.1. The molecule has 2 atom stereocenters. The predicted octanol–water partition coefficient (Wildman–Crippen LogP) is 6.61. The SMILES string of the molecule is CC#N.CCCN(CCCc1ccc(C2CC(F)C(F)C2)cc1)Cc1ccccc1. The molecule has 30 heavy (non-hydrogen) atoms. The van der Waals surface area contributed by atoms with E-state index in [2.05, 4.69) is 66.4 Å². The van der Waals surface area contributed by atoms with Crippen LogP contribution in [0.5, 0.6) is 0 Å². The third kappa shape index (κ3) is 7.88. The molecule has 1 fully saturated rings. The Morgan fingerprint density at radius 2 is 1.53 bits per heavy atom. The number of hydrogen-bond donors (Lipinski definition) is 0. The topological polar surface area (TPSA) is 27.0 Å². The molecule has 0 aliphatic heterocycles. The number of alkyl halides is 2. The van der Waals surface area contributed by atoms with Crippen molar-refractivity contribution in [3.8, 4) is 6.07 Å². The van der Waals surface area contributed by atoms with Gasteiger partial charge in [0.25, 0.3) is 0 Å². The molecule has 1 aliphatic carbocycles. The second-order valence-electron chi connectivity index (χ2n) is 8.03. The van der Waals surface area contributed by atoms with Gasteiger partial charge in [0.05, 0.1) is 6.07 Å². The maximum absolute atomic E-state index is 13.4. The lowest BCUT2D eigenvalue weighted by Gasteiger charge is -2.22. The van der Waals surface area contributed by atoms with Crippen molar-refractivity contribution < 1.29 is 8.78 Å². The molecule has 0 N–H and O–H groups in total. The molecule has 0 radical (unpaired) electrons. The van der Waals surface area contributed by atoms with Gasteiger partial charge in [-0.05, 0) is 67.8 Å². The van der Waals surface area contributed by atoms with Gasteiger partial charge < -0.3 is 0 Å². The molecule has 0 bridgehead atoms. The lowest BCUT2D eigenvalue weighted by atomic mass is 9.96. The van der Waals surface area contributed by atoms with Gasteiger partial charge in [0.15, 0.2) is 0 Å². The minimum atomic E-state index is -1.29. The van der Waals surface area contributed by atoms with E-state index in [1.54, 1.807) is 6.07 Å². The number of nitrogens with zero attached hydrogens (tertiary/aromatic N) is 2. The summed E-state index contributed by atoms with van der Waals surface area (Å²) in [7, 11) is 0. The van der Waals surface area contributed by atoms with E-state index in [1.807, 2.05) is 0 Å². The maximum atomic E-state index is 13.4. The fourth-order valence-electron chi connectivity index (χ4n) is 4.10. The number of benzene rings is 2. The molecule has 1 aliphatic rings. The van der Waals surface area contributed by atoms with Crippen LogP contribution in [0.2, 0.25) is 0 Å². The Balaban J connectivity index is 0.00000101. The Kier molecular flexibility index (Phi) is 10.5. The van der Waals surface area contributed by atoms with Gasteiger partial charge in [0.1, 0.15) is 12.3 Å². The molecule has 2 aromatic carbocycles. The van der Waals surface area contributed by atoms with Crippen LogP contribution >= 0.6 is 0 Å². The molecular weight excluding hydrogens is 378 g/mol. The van der Waals surface area contributed by atoms with Gasteiger partial charge in [-0.25, -0.2) is 8.78 Å². The highest BCUT2D eigenvalue weighted by Crippen LogP contribution is 2.38. The van der Waals surface area contributed by atoms with E-state index >= 15 is 0 Å². The average Bonchev–Trinajstić information content (AvgIpc) is 3.08. The fraction of sp³-hybridized carbons (Fsp3) is 0.500. The van der Waals surface area contributed by atoms with Gasteiger partial charge in [-0.2, -0.15) is 5.26 Å². The quantitative estimate of drug-likeness (QED) is 0.463. The lowest BCUT2D eigenvalue weighted by molar-refractivity contribution is 0.199. The van der Waals surface area contributed by atoms with Gasteiger partial charge in [0.2, 0.25) is 0 Å². The van der Waals surface area contributed by atoms with Crippen molar-refractivity contribution in [2.45, 2.75) is 70.8 Å². The molecule has 0 amide bonds. The molecule has 0 aromatic heterocycles. The normalized spacial score (nSPS) is 20.5. The Labute approximate surface area is 180 Å². The zero-order valence-electron chi connectivity index (χ0n) is 18.2. The van der Waals surface area contributed by atoms with E-state index in [4.69, 9.17) is 5.26 Å². The maximum Gasteiger partial charge on any atom is 0.132 e. The average molecular weight is 413 g/mol. The molecule has 4 heteroatoms. The number of rotatable bonds is 9. The van der Waals surface area contributed by atoms with Crippen LogP contribution in [0, 0.1) is 11.3 Å². The first-order valence-electron chi connectivity index (χ1n) is 11.0. The Hall–Kier alpha value is -2.25. The third-order valence-corrected chi connectivity index (χ3v) is 5.59. The summed E-state index contributed by atoms with van der Waals surface area (Å²) in [5.74, 6) is 0.0370. The van der Waals surface area contributed by atoms with Crippen LogP contribution in [0.15, 0.2) is 54.6 Å². The highest BCUT2D eigenvalue weighted by Gasteiger charge is 2.35. The highest BCUT2D eigenvalue weighted by atomic mass is 19.2. The highest BCUT2D eigenvalue weighted by molar-refractivity contribution is 5.27. The molecule has 1 saturated carbocycles. The van der Waals surface area contributed by atoms with Crippen LogP contribution in [0.25, 0.3) is 0 Å². The van der Waals surface area contributed by atoms with Crippen LogP contribution in [-0.2, 0) is 13.0 Å². The lowest BCUT2D eigenvalue weighted by Crippen LogP contribution is -2.25. The fourth-order valence-corrected chi connectivity index (χ4v) is 4.10. The number of aryl methyl sites for hydroxylation is 1. The molecule has 0 saturated heterocycles. The number of nitriles is 1. The summed E-state index contributed by atoms with van der Waals surface area (Å²) >= 11 is 0. The minimum Gasteiger partial charge on any atom is -0.299 e. The molecule has 2 aromatic rings. The van der Waals surface area contributed by atoms with E-state index in [0.717, 1.165) is 44.5 Å². The van der Waals surface area contributed by atoms with Crippen LogP contribution in [0.3, 0.4) is 0 Å². The van der Waals surface area contributed by atoms with Crippen molar-refractivity contribution in [2.75, 3.05) is 13.1 Å². The van der Waals surface area contributed by atoms with Gasteiger partial charge >= 0.3 is 0 Å². The molecule has 2 nitrogen and oxygen atoms in total. The summed E-state index contributed by atoms with van der Waals surface area (Å²) in [5.41, 5.74) is 3.75. The van der Waals surface area contributed by atoms with Gasteiger partial charge in [-0.1, -0.05) is 61.5 Å². The predicted molar refractivity (Wildman–Crippen MR) is 120 cm³/mol. The van der Waals surface area contributed by atoms with Crippen molar-refractivity contribution in [3.63, 3.8) is 0 Å².